The molecule has 2 unspecified atom stereocenters. The average molecular weight is 249 g/mol. The molecule has 2 rings (SSSR count). The normalized spacial score (nSPS) is 20.2. The van der Waals surface area contributed by atoms with Crippen molar-refractivity contribution < 1.29 is 4.39 Å². The molecule has 18 heavy (non-hydrogen) atoms. The number of nitrogens with one attached hydrogen (secondary N) is 1. The van der Waals surface area contributed by atoms with E-state index in [9.17, 15) is 4.39 Å². The molecule has 1 aromatic rings. The van der Waals surface area contributed by atoms with Crippen LogP contribution in [0.2, 0.25) is 0 Å². The number of hydrogen-bond acceptors (Lipinski definition) is 1. The Morgan fingerprint density at radius 3 is 2.83 bits per heavy atom. The van der Waals surface area contributed by atoms with E-state index in [0.717, 1.165) is 25.8 Å². The minimum atomic E-state index is -0.1000. The summed E-state index contributed by atoms with van der Waals surface area (Å²) in [5, 5.41) is 3.67. The van der Waals surface area contributed by atoms with Gasteiger partial charge in [-0.1, -0.05) is 26.8 Å². The monoisotopic (exact) mass is 249 g/mol. The van der Waals surface area contributed by atoms with E-state index in [-0.39, 0.29) is 5.82 Å². The van der Waals surface area contributed by atoms with E-state index < -0.39 is 0 Å². The van der Waals surface area contributed by atoms with Crippen molar-refractivity contribution in [1.29, 1.82) is 0 Å². The Hall–Kier alpha value is -0.890. The first-order valence-corrected chi connectivity index (χ1v) is 7.15. The summed E-state index contributed by atoms with van der Waals surface area (Å²) in [4.78, 5) is 0. The van der Waals surface area contributed by atoms with Gasteiger partial charge in [0.1, 0.15) is 5.82 Å². The van der Waals surface area contributed by atoms with Crippen LogP contribution in [0.25, 0.3) is 0 Å². The number of aryl methyl sites for hydroxylation is 1. The maximum absolute atomic E-state index is 13.2. The molecule has 1 aliphatic carbocycles. The van der Waals surface area contributed by atoms with Crippen LogP contribution in [0.5, 0.6) is 0 Å². The molecule has 0 fully saturated rings. The van der Waals surface area contributed by atoms with Gasteiger partial charge >= 0.3 is 0 Å². The van der Waals surface area contributed by atoms with Crippen LogP contribution >= 0.6 is 0 Å². The van der Waals surface area contributed by atoms with Crippen molar-refractivity contribution in [2.45, 2.75) is 52.0 Å². The first kappa shape index (κ1) is 13.5. The third kappa shape index (κ3) is 2.74. The zero-order valence-corrected chi connectivity index (χ0v) is 11.7. The lowest BCUT2D eigenvalue weighted by molar-refractivity contribution is 0.340. The molecule has 0 radical (unpaired) electrons. The van der Waals surface area contributed by atoms with Gasteiger partial charge in [-0.05, 0) is 55.0 Å². The Morgan fingerprint density at radius 1 is 1.39 bits per heavy atom. The average Bonchev–Trinajstić information content (AvgIpc) is 2.72. The van der Waals surface area contributed by atoms with E-state index in [4.69, 9.17) is 0 Å². The molecule has 1 aliphatic rings. The van der Waals surface area contributed by atoms with Crippen LogP contribution in [0.1, 0.15) is 50.7 Å². The number of fused-ring (bicyclic) bond motifs is 1. The first-order chi connectivity index (χ1) is 8.63. The van der Waals surface area contributed by atoms with Gasteiger partial charge in [-0.3, -0.25) is 0 Å². The van der Waals surface area contributed by atoms with E-state index in [2.05, 4.69) is 26.1 Å². The quantitative estimate of drug-likeness (QED) is 0.835. The highest BCUT2D eigenvalue weighted by molar-refractivity contribution is 5.36. The molecule has 100 valence electrons. The van der Waals surface area contributed by atoms with Crippen LogP contribution < -0.4 is 5.32 Å². The summed E-state index contributed by atoms with van der Waals surface area (Å²) in [5.41, 5.74) is 2.57. The Labute approximate surface area is 110 Å². The summed E-state index contributed by atoms with van der Waals surface area (Å²) in [6, 6.07) is 5.82. The van der Waals surface area contributed by atoms with Gasteiger partial charge in [0.2, 0.25) is 0 Å². The van der Waals surface area contributed by atoms with E-state index in [1.54, 1.807) is 12.1 Å². The Morgan fingerprint density at radius 2 is 2.17 bits per heavy atom. The highest BCUT2D eigenvalue weighted by Crippen LogP contribution is 2.37. The fourth-order valence-corrected chi connectivity index (χ4v) is 3.15. The van der Waals surface area contributed by atoms with E-state index in [1.165, 1.54) is 11.1 Å². The largest absolute Gasteiger partial charge is 0.313 e. The zero-order chi connectivity index (χ0) is 13.1. The second-order valence-corrected chi connectivity index (χ2v) is 5.71. The van der Waals surface area contributed by atoms with Crippen molar-refractivity contribution in [3.8, 4) is 0 Å². The van der Waals surface area contributed by atoms with Gasteiger partial charge in [-0.15, -0.1) is 0 Å². The van der Waals surface area contributed by atoms with Crippen molar-refractivity contribution in [3.63, 3.8) is 0 Å². The summed E-state index contributed by atoms with van der Waals surface area (Å²) in [6.07, 6.45) is 3.33. The second kappa shape index (κ2) is 5.83. The van der Waals surface area contributed by atoms with Gasteiger partial charge in [-0.2, -0.15) is 0 Å². The van der Waals surface area contributed by atoms with E-state index in [1.807, 2.05) is 6.07 Å². The van der Waals surface area contributed by atoms with Gasteiger partial charge in [0.15, 0.2) is 0 Å². The van der Waals surface area contributed by atoms with Crippen LogP contribution in [0.4, 0.5) is 4.39 Å². The standard InChI is InChI=1S/C16H24FN/c1-4-9-18-16(11(2)3)15-7-5-12-10-13(17)6-8-14(12)15/h6,8,10-11,15-16,18H,4-5,7,9H2,1-3H3. The van der Waals surface area contributed by atoms with Crippen LogP contribution in [-0.4, -0.2) is 12.6 Å². The van der Waals surface area contributed by atoms with Crippen molar-refractivity contribution >= 4 is 0 Å². The van der Waals surface area contributed by atoms with E-state index >= 15 is 0 Å². The van der Waals surface area contributed by atoms with Gasteiger partial charge in [0.05, 0.1) is 0 Å². The third-order valence-electron chi connectivity index (χ3n) is 4.01. The van der Waals surface area contributed by atoms with Crippen molar-refractivity contribution in [3.05, 3.63) is 35.1 Å². The first-order valence-electron chi connectivity index (χ1n) is 7.15. The maximum atomic E-state index is 13.2. The summed E-state index contributed by atoms with van der Waals surface area (Å²) in [5.74, 6) is 1.06. The second-order valence-electron chi connectivity index (χ2n) is 5.71. The zero-order valence-electron chi connectivity index (χ0n) is 11.7. The summed E-state index contributed by atoms with van der Waals surface area (Å²) in [7, 11) is 0. The Kier molecular flexibility index (Phi) is 4.39. The van der Waals surface area contributed by atoms with E-state index in [0.29, 0.717) is 17.9 Å². The molecule has 1 aromatic carbocycles. The summed E-state index contributed by atoms with van der Waals surface area (Å²) in [6.45, 7) is 7.81. The molecule has 0 heterocycles. The van der Waals surface area contributed by atoms with Crippen LogP contribution in [-0.2, 0) is 6.42 Å². The molecule has 0 aliphatic heterocycles. The molecule has 0 amide bonds. The number of hydrogen-bond donors (Lipinski definition) is 1. The Balaban J connectivity index is 2.19. The smallest absolute Gasteiger partial charge is 0.123 e. The third-order valence-corrected chi connectivity index (χ3v) is 4.01. The lowest BCUT2D eigenvalue weighted by Crippen LogP contribution is -2.39. The number of halogens is 1. The van der Waals surface area contributed by atoms with Crippen molar-refractivity contribution in [1.82, 2.24) is 5.32 Å². The molecule has 0 spiro atoms. The molecular weight excluding hydrogens is 225 g/mol. The molecule has 0 saturated carbocycles. The molecule has 0 aromatic heterocycles. The van der Waals surface area contributed by atoms with Crippen molar-refractivity contribution in [2.75, 3.05) is 6.54 Å². The van der Waals surface area contributed by atoms with Crippen LogP contribution in [0.15, 0.2) is 18.2 Å². The maximum Gasteiger partial charge on any atom is 0.123 e. The molecular formula is C16H24FN. The van der Waals surface area contributed by atoms with Gasteiger partial charge < -0.3 is 5.32 Å². The van der Waals surface area contributed by atoms with Crippen molar-refractivity contribution in [2.24, 2.45) is 5.92 Å². The minimum absolute atomic E-state index is 0.1000. The molecule has 1 nitrogen and oxygen atoms in total. The molecule has 2 atom stereocenters. The predicted octanol–water partition coefficient (Wildman–Crippen LogP) is 3.88. The van der Waals surface area contributed by atoms with Gasteiger partial charge in [0, 0.05) is 12.0 Å². The minimum Gasteiger partial charge on any atom is -0.313 e. The molecule has 0 bridgehead atoms. The predicted molar refractivity (Wildman–Crippen MR) is 74.4 cm³/mol. The highest BCUT2D eigenvalue weighted by Gasteiger charge is 2.31. The summed E-state index contributed by atoms with van der Waals surface area (Å²) >= 11 is 0. The van der Waals surface area contributed by atoms with Crippen LogP contribution in [0, 0.1) is 11.7 Å². The molecule has 0 saturated heterocycles. The lowest BCUT2D eigenvalue weighted by atomic mass is 9.86. The Bertz CT molecular complexity index is 400. The van der Waals surface area contributed by atoms with Gasteiger partial charge in [0.25, 0.3) is 0 Å². The van der Waals surface area contributed by atoms with Crippen LogP contribution in [0.3, 0.4) is 0 Å². The summed E-state index contributed by atoms with van der Waals surface area (Å²) < 4.78 is 13.2. The fraction of sp³-hybridized carbons (Fsp3) is 0.625. The fourth-order valence-electron chi connectivity index (χ4n) is 3.15. The molecule has 2 heteroatoms. The topological polar surface area (TPSA) is 12.0 Å². The number of rotatable bonds is 5. The SMILES string of the molecule is CCCNC(C(C)C)C1CCc2cc(F)ccc21. The van der Waals surface area contributed by atoms with Gasteiger partial charge in [-0.25, -0.2) is 4.39 Å². The number of benzene rings is 1. The highest BCUT2D eigenvalue weighted by atomic mass is 19.1. The molecule has 1 N–H and O–H groups in total. The lowest BCUT2D eigenvalue weighted by Gasteiger charge is -2.29.